The summed E-state index contributed by atoms with van der Waals surface area (Å²) in [5.74, 6) is 0. The summed E-state index contributed by atoms with van der Waals surface area (Å²) in [7, 11) is 1.78. The SMILES string of the molecule is CC(CN1CCCCC1)NCc1ccn(C)c(=O)c1. The van der Waals surface area contributed by atoms with E-state index in [1.807, 2.05) is 12.3 Å². The Balaban J connectivity index is 1.77. The molecule has 0 bridgehead atoms. The van der Waals surface area contributed by atoms with Crippen molar-refractivity contribution in [3.05, 3.63) is 34.2 Å². The summed E-state index contributed by atoms with van der Waals surface area (Å²) in [6, 6.07) is 4.17. The van der Waals surface area contributed by atoms with E-state index < -0.39 is 0 Å². The summed E-state index contributed by atoms with van der Waals surface area (Å²) in [5, 5.41) is 3.50. The fourth-order valence-electron chi connectivity index (χ4n) is 2.59. The molecule has 1 N–H and O–H groups in total. The van der Waals surface area contributed by atoms with E-state index in [1.54, 1.807) is 17.7 Å². The van der Waals surface area contributed by atoms with E-state index in [0.29, 0.717) is 6.04 Å². The van der Waals surface area contributed by atoms with Gasteiger partial charge in [-0.15, -0.1) is 0 Å². The number of hydrogen-bond acceptors (Lipinski definition) is 3. The van der Waals surface area contributed by atoms with Crippen LogP contribution >= 0.6 is 0 Å². The number of rotatable bonds is 5. The smallest absolute Gasteiger partial charge is 0.250 e. The van der Waals surface area contributed by atoms with Crippen molar-refractivity contribution in [1.29, 1.82) is 0 Å². The molecule has 4 nitrogen and oxygen atoms in total. The molecule has 1 aliphatic heterocycles. The number of hydrogen-bond donors (Lipinski definition) is 1. The Kier molecular flexibility index (Phi) is 5.16. The van der Waals surface area contributed by atoms with Crippen molar-refractivity contribution >= 4 is 0 Å². The summed E-state index contributed by atoms with van der Waals surface area (Å²) >= 11 is 0. The Hall–Kier alpha value is -1.13. The molecule has 0 aliphatic carbocycles. The Bertz CT molecular complexity index is 449. The highest BCUT2D eigenvalue weighted by Crippen LogP contribution is 2.08. The first kappa shape index (κ1) is 14.3. The van der Waals surface area contributed by atoms with Crippen molar-refractivity contribution in [3.63, 3.8) is 0 Å². The van der Waals surface area contributed by atoms with Gasteiger partial charge >= 0.3 is 0 Å². The van der Waals surface area contributed by atoms with Gasteiger partial charge in [0.1, 0.15) is 0 Å². The molecule has 1 unspecified atom stereocenters. The second-order valence-electron chi connectivity index (χ2n) is 5.63. The van der Waals surface area contributed by atoms with E-state index in [4.69, 9.17) is 0 Å². The van der Waals surface area contributed by atoms with Gasteiger partial charge in [-0.1, -0.05) is 6.42 Å². The Morgan fingerprint density at radius 3 is 2.74 bits per heavy atom. The van der Waals surface area contributed by atoms with Crippen LogP contribution in [0.5, 0.6) is 0 Å². The monoisotopic (exact) mass is 263 g/mol. The summed E-state index contributed by atoms with van der Waals surface area (Å²) in [6.45, 7) is 6.56. The first-order valence-corrected chi connectivity index (χ1v) is 7.26. The number of nitrogens with zero attached hydrogens (tertiary/aromatic N) is 2. The number of aromatic nitrogens is 1. The van der Waals surface area contributed by atoms with Crippen molar-refractivity contribution < 1.29 is 0 Å². The highest BCUT2D eigenvalue weighted by molar-refractivity contribution is 5.10. The molecule has 1 aromatic heterocycles. The molecule has 2 rings (SSSR count). The Labute approximate surface area is 115 Å². The highest BCUT2D eigenvalue weighted by atomic mass is 16.1. The van der Waals surface area contributed by atoms with E-state index in [9.17, 15) is 4.79 Å². The van der Waals surface area contributed by atoms with Gasteiger partial charge in [-0.25, -0.2) is 0 Å². The van der Waals surface area contributed by atoms with Gasteiger partial charge < -0.3 is 14.8 Å². The van der Waals surface area contributed by atoms with Crippen molar-refractivity contribution in [2.45, 2.75) is 38.8 Å². The van der Waals surface area contributed by atoms with Crippen molar-refractivity contribution in [2.24, 2.45) is 7.05 Å². The van der Waals surface area contributed by atoms with Gasteiger partial charge in [-0.3, -0.25) is 4.79 Å². The predicted octanol–water partition coefficient (Wildman–Crippen LogP) is 1.35. The molecule has 4 heteroatoms. The van der Waals surface area contributed by atoms with Gasteiger partial charge in [0, 0.05) is 38.4 Å². The molecular formula is C15H25N3O. The van der Waals surface area contributed by atoms with E-state index >= 15 is 0 Å². The van der Waals surface area contributed by atoms with E-state index in [2.05, 4.69) is 17.1 Å². The first-order valence-electron chi connectivity index (χ1n) is 7.26. The predicted molar refractivity (Wildman–Crippen MR) is 78.3 cm³/mol. The standard InChI is InChI=1S/C15H25N3O/c1-13(12-18-7-4-3-5-8-18)16-11-14-6-9-17(2)15(19)10-14/h6,9-10,13,16H,3-5,7-8,11-12H2,1-2H3. The zero-order valence-corrected chi connectivity index (χ0v) is 12.1. The molecule has 0 radical (unpaired) electrons. The lowest BCUT2D eigenvalue weighted by atomic mass is 10.1. The molecule has 0 spiro atoms. The van der Waals surface area contributed by atoms with Gasteiger partial charge in [0.25, 0.3) is 5.56 Å². The number of piperidine rings is 1. The molecule has 1 aromatic rings. The maximum Gasteiger partial charge on any atom is 0.250 e. The minimum atomic E-state index is 0.0583. The summed E-state index contributed by atoms with van der Waals surface area (Å²) in [6.07, 6.45) is 5.88. The Morgan fingerprint density at radius 2 is 2.05 bits per heavy atom. The minimum absolute atomic E-state index is 0.0583. The second kappa shape index (κ2) is 6.87. The molecule has 0 aromatic carbocycles. The number of aryl methyl sites for hydroxylation is 1. The van der Waals surface area contributed by atoms with Crippen LogP contribution in [0.25, 0.3) is 0 Å². The number of likely N-dealkylation sites (tertiary alicyclic amines) is 1. The largest absolute Gasteiger partial charge is 0.319 e. The van der Waals surface area contributed by atoms with Crippen LogP contribution in [-0.4, -0.2) is 35.1 Å². The number of nitrogens with one attached hydrogen (secondary N) is 1. The average molecular weight is 263 g/mol. The average Bonchev–Trinajstić information content (AvgIpc) is 2.41. The van der Waals surface area contributed by atoms with Crippen molar-refractivity contribution in [2.75, 3.05) is 19.6 Å². The summed E-state index contributed by atoms with van der Waals surface area (Å²) in [5.41, 5.74) is 1.12. The maximum atomic E-state index is 11.5. The van der Waals surface area contributed by atoms with E-state index in [-0.39, 0.29) is 5.56 Å². The third-order valence-corrected chi connectivity index (χ3v) is 3.80. The van der Waals surface area contributed by atoms with Crippen LogP contribution in [0.2, 0.25) is 0 Å². The molecule has 0 amide bonds. The van der Waals surface area contributed by atoms with Crippen LogP contribution in [0, 0.1) is 0 Å². The van der Waals surface area contributed by atoms with Gasteiger partial charge in [-0.05, 0) is 44.5 Å². The third-order valence-electron chi connectivity index (χ3n) is 3.80. The molecule has 1 aliphatic rings. The van der Waals surface area contributed by atoms with Crippen molar-refractivity contribution in [1.82, 2.24) is 14.8 Å². The lowest BCUT2D eigenvalue weighted by Crippen LogP contribution is -2.41. The van der Waals surface area contributed by atoms with Gasteiger partial charge in [0.15, 0.2) is 0 Å². The van der Waals surface area contributed by atoms with Crippen LogP contribution in [0.4, 0.5) is 0 Å². The lowest BCUT2D eigenvalue weighted by molar-refractivity contribution is 0.209. The molecule has 1 fully saturated rings. The topological polar surface area (TPSA) is 37.3 Å². The molecular weight excluding hydrogens is 238 g/mol. The second-order valence-corrected chi connectivity index (χ2v) is 5.63. The van der Waals surface area contributed by atoms with Crippen LogP contribution in [0.1, 0.15) is 31.7 Å². The fourth-order valence-corrected chi connectivity index (χ4v) is 2.59. The fraction of sp³-hybridized carbons (Fsp3) is 0.667. The maximum absolute atomic E-state index is 11.5. The van der Waals surface area contributed by atoms with Crippen LogP contribution in [0.3, 0.4) is 0 Å². The normalized spacial score (nSPS) is 18.4. The van der Waals surface area contributed by atoms with Crippen LogP contribution < -0.4 is 10.9 Å². The van der Waals surface area contributed by atoms with E-state index in [0.717, 1.165) is 18.7 Å². The lowest BCUT2D eigenvalue weighted by Gasteiger charge is -2.29. The van der Waals surface area contributed by atoms with Gasteiger partial charge in [-0.2, -0.15) is 0 Å². The zero-order chi connectivity index (χ0) is 13.7. The molecule has 1 atom stereocenters. The molecule has 2 heterocycles. The molecule has 106 valence electrons. The molecule has 0 saturated carbocycles. The zero-order valence-electron chi connectivity index (χ0n) is 12.1. The number of pyridine rings is 1. The summed E-state index contributed by atoms with van der Waals surface area (Å²) < 4.78 is 1.60. The molecule has 1 saturated heterocycles. The van der Waals surface area contributed by atoms with Gasteiger partial charge in [0.2, 0.25) is 0 Å². The minimum Gasteiger partial charge on any atom is -0.319 e. The van der Waals surface area contributed by atoms with Gasteiger partial charge in [0.05, 0.1) is 0 Å². The van der Waals surface area contributed by atoms with E-state index in [1.165, 1.54) is 32.4 Å². The van der Waals surface area contributed by atoms with Crippen molar-refractivity contribution in [3.8, 4) is 0 Å². The molecule has 19 heavy (non-hydrogen) atoms. The summed E-state index contributed by atoms with van der Waals surface area (Å²) in [4.78, 5) is 14.1. The Morgan fingerprint density at radius 1 is 1.32 bits per heavy atom. The van der Waals surface area contributed by atoms with Crippen LogP contribution in [0.15, 0.2) is 23.1 Å². The highest BCUT2D eigenvalue weighted by Gasteiger charge is 2.12. The quantitative estimate of drug-likeness (QED) is 0.871. The third kappa shape index (κ3) is 4.48. The first-order chi connectivity index (χ1) is 9.15. The van der Waals surface area contributed by atoms with Crippen LogP contribution in [-0.2, 0) is 13.6 Å².